The first-order valence-corrected chi connectivity index (χ1v) is 10.2. The van der Waals surface area contributed by atoms with Crippen LogP contribution in [0.5, 0.6) is 0 Å². The Balaban J connectivity index is 1.85. The van der Waals surface area contributed by atoms with E-state index in [1.807, 2.05) is 20.8 Å². The second kappa shape index (κ2) is 7.98. The van der Waals surface area contributed by atoms with Crippen LogP contribution in [0.15, 0.2) is 0 Å². The summed E-state index contributed by atoms with van der Waals surface area (Å²) in [6.45, 7) is 6.07. The third kappa shape index (κ3) is 3.60. The summed E-state index contributed by atoms with van der Waals surface area (Å²) in [4.78, 5) is 38.0. The molecule has 0 aromatic carbocycles. The van der Waals surface area contributed by atoms with Gasteiger partial charge in [-0.05, 0) is 38.2 Å². The predicted octanol–water partition coefficient (Wildman–Crippen LogP) is 3.00. The number of rotatable bonds is 7. The molecule has 1 aromatic heterocycles. The van der Waals surface area contributed by atoms with Crippen molar-refractivity contribution in [1.29, 1.82) is 0 Å². The van der Waals surface area contributed by atoms with E-state index in [0.717, 1.165) is 10.4 Å². The van der Waals surface area contributed by atoms with Gasteiger partial charge in [-0.2, -0.15) is 0 Å². The molecule has 1 amide bonds. The van der Waals surface area contributed by atoms with Crippen LogP contribution in [0.1, 0.15) is 53.9 Å². The maximum atomic E-state index is 12.9. The quantitative estimate of drug-likeness (QED) is 0.688. The molecule has 1 aromatic rings. The smallest absolute Gasteiger partial charge is 0.341 e. The molecular weight excluding hydrogens is 370 g/mol. The van der Waals surface area contributed by atoms with Gasteiger partial charge < -0.3 is 19.9 Å². The molecule has 4 unspecified atom stereocenters. The third-order valence-corrected chi connectivity index (χ3v) is 6.36. The van der Waals surface area contributed by atoms with E-state index < -0.39 is 35.8 Å². The van der Waals surface area contributed by atoms with E-state index >= 15 is 0 Å². The number of carboxylic acids is 1. The highest BCUT2D eigenvalue weighted by Crippen LogP contribution is 2.44. The number of thiophene rings is 1. The number of carboxylic acid groups (broad SMARTS) is 1. The first-order valence-electron chi connectivity index (χ1n) is 9.37. The molecule has 4 atom stereocenters. The zero-order chi connectivity index (χ0) is 19.7. The molecule has 2 bridgehead atoms. The van der Waals surface area contributed by atoms with Crippen molar-refractivity contribution >= 4 is 34.2 Å². The first-order chi connectivity index (χ1) is 12.9. The maximum absolute atomic E-state index is 12.9. The summed E-state index contributed by atoms with van der Waals surface area (Å²) in [5.41, 5.74) is 1.24. The van der Waals surface area contributed by atoms with Crippen LogP contribution in [-0.2, 0) is 25.5 Å². The van der Waals surface area contributed by atoms with E-state index in [1.165, 1.54) is 11.3 Å². The van der Waals surface area contributed by atoms with Crippen molar-refractivity contribution in [2.45, 2.75) is 58.7 Å². The zero-order valence-corrected chi connectivity index (χ0v) is 16.6. The maximum Gasteiger partial charge on any atom is 0.341 e. The average Bonchev–Trinajstić information content (AvgIpc) is 3.31. The highest BCUT2D eigenvalue weighted by atomic mass is 32.1. The minimum absolute atomic E-state index is 0.311. The van der Waals surface area contributed by atoms with E-state index in [0.29, 0.717) is 42.9 Å². The highest BCUT2D eigenvalue weighted by molar-refractivity contribution is 7.16. The summed E-state index contributed by atoms with van der Waals surface area (Å²) in [5.74, 6) is -3.45. The number of ether oxygens (including phenoxy) is 2. The molecule has 2 fully saturated rings. The largest absolute Gasteiger partial charge is 0.481 e. The van der Waals surface area contributed by atoms with Gasteiger partial charge in [-0.3, -0.25) is 9.59 Å². The number of aliphatic carboxylic acids is 1. The number of hydrogen-bond acceptors (Lipinski definition) is 6. The van der Waals surface area contributed by atoms with E-state index in [2.05, 4.69) is 5.32 Å². The van der Waals surface area contributed by atoms with Crippen molar-refractivity contribution in [2.75, 3.05) is 11.9 Å². The normalized spacial score (nSPS) is 26.2. The molecule has 148 valence electrons. The Morgan fingerprint density at radius 3 is 2.48 bits per heavy atom. The molecule has 0 saturated carbocycles. The molecule has 3 heterocycles. The molecule has 3 rings (SSSR count). The number of aryl methyl sites for hydroxylation is 1. The van der Waals surface area contributed by atoms with Gasteiger partial charge in [0.15, 0.2) is 0 Å². The highest BCUT2D eigenvalue weighted by Gasteiger charge is 2.55. The van der Waals surface area contributed by atoms with Crippen LogP contribution in [0.3, 0.4) is 0 Å². The summed E-state index contributed by atoms with van der Waals surface area (Å²) in [6.07, 6.45) is 1.91. The Bertz CT molecular complexity index is 758. The van der Waals surface area contributed by atoms with Crippen molar-refractivity contribution in [3.8, 4) is 0 Å². The predicted molar refractivity (Wildman–Crippen MR) is 100 cm³/mol. The van der Waals surface area contributed by atoms with E-state index in [-0.39, 0.29) is 6.10 Å². The lowest BCUT2D eigenvalue weighted by atomic mass is 9.79. The SMILES string of the molecule is CCCOC(=O)c1c(NC(=O)C2C3CCC(O3)C2C(=O)O)sc(C)c1CC. The fraction of sp³-hybridized carbons (Fsp3) is 0.632. The van der Waals surface area contributed by atoms with Gasteiger partial charge in [0.1, 0.15) is 5.00 Å². The summed E-state index contributed by atoms with van der Waals surface area (Å²) in [5, 5.41) is 12.8. The molecule has 2 aliphatic rings. The second-order valence-corrected chi connectivity index (χ2v) is 8.22. The van der Waals surface area contributed by atoms with Crippen LogP contribution in [-0.4, -0.2) is 41.8 Å². The van der Waals surface area contributed by atoms with Crippen LogP contribution < -0.4 is 5.32 Å². The van der Waals surface area contributed by atoms with Gasteiger partial charge in [-0.15, -0.1) is 11.3 Å². The molecule has 2 saturated heterocycles. The van der Waals surface area contributed by atoms with Gasteiger partial charge in [0.2, 0.25) is 5.91 Å². The molecule has 0 aliphatic carbocycles. The topological polar surface area (TPSA) is 102 Å². The summed E-state index contributed by atoms with van der Waals surface area (Å²) < 4.78 is 11.0. The summed E-state index contributed by atoms with van der Waals surface area (Å²) >= 11 is 1.32. The van der Waals surface area contributed by atoms with Gasteiger partial charge in [0.25, 0.3) is 0 Å². The molecule has 2 N–H and O–H groups in total. The lowest BCUT2D eigenvalue weighted by Crippen LogP contribution is -2.41. The van der Waals surface area contributed by atoms with Gasteiger partial charge in [0.05, 0.1) is 36.2 Å². The number of anilines is 1. The van der Waals surface area contributed by atoms with E-state index in [4.69, 9.17) is 9.47 Å². The molecule has 7 nitrogen and oxygen atoms in total. The van der Waals surface area contributed by atoms with Crippen LogP contribution in [0.4, 0.5) is 5.00 Å². The number of fused-ring (bicyclic) bond motifs is 2. The van der Waals surface area contributed by atoms with Crippen LogP contribution in [0.2, 0.25) is 0 Å². The lowest BCUT2D eigenvalue weighted by molar-refractivity contribution is -0.147. The Hall–Kier alpha value is -1.93. The number of hydrogen-bond donors (Lipinski definition) is 2. The standard InChI is InChI=1S/C19H25NO6S/c1-4-8-25-19(24)13-10(5-2)9(3)27-17(13)20-16(21)14-11-6-7-12(26-11)15(14)18(22)23/h11-12,14-15H,4-8H2,1-3H3,(H,20,21)(H,22,23). The Morgan fingerprint density at radius 1 is 1.22 bits per heavy atom. The number of amides is 1. The fourth-order valence-electron chi connectivity index (χ4n) is 4.10. The fourth-order valence-corrected chi connectivity index (χ4v) is 5.23. The van der Waals surface area contributed by atoms with Gasteiger partial charge >= 0.3 is 11.9 Å². The minimum atomic E-state index is -1.01. The molecular formula is C19H25NO6S. The van der Waals surface area contributed by atoms with Crippen LogP contribution >= 0.6 is 11.3 Å². The Labute approximate surface area is 162 Å². The van der Waals surface area contributed by atoms with Crippen molar-refractivity contribution in [3.63, 3.8) is 0 Å². The minimum Gasteiger partial charge on any atom is -0.481 e. The number of esters is 1. The Kier molecular flexibility index (Phi) is 5.86. The average molecular weight is 395 g/mol. The summed E-state index contributed by atoms with van der Waals surface area (Å²) in [6, 6.07) is 0. The van der Waals surface area contributed by atoms with Crippen molar-refractivity contribution < 1.29 is 29.0 Å². The van der Waals surface area contributed by atoms with Crippen LogP contribution in [0.25, 0.3) is 0 Å². The van der Waals surface area contributed by atoms with Gasteiger partial charge in [-0.1, -0.05) is 13.8 Å². The molecule has 8 heteroatoms. The lowest BCUT2D eigenvalue weighted by Gasteiger charge is -2.23. The van der Waals surface area contributed by atoms with Crippen molar-refractivity contribution in [2.24, 2.45) is 11.8 Å². The molecule has 0 spiro atoms. The number of carbonyl (C=O) groups excluding carboxylic acids is 2. The second-order valence-electron chi connectivity index (χ2n) is 7.00. The number of carbonyl (C=O) groups is 3. The first kappa shape index (κ1) is 19.8. The number of nitrogens with one attached hydrogen (secondary N) is 1. The van der Waals surface area contributed by atoms with Crippen LogP contribution in [0, 0.1) is 18.8 Å². The Morgan fingerprint density at radius 2 is 1.89 bits per heavy atom. The molecule has 2 aliphatic heterocycles. The van der Waals surface area contributed by atoms with Gasteiger partial charge in [-0.25, -0.2) is 4.79 Å². The molecule has 27 heavy (non-hydrogen) atoms. The van der Waals surface area contributed by atoms with E-state index in [9.17, 15) is 19.5 Å². The van der Waals surface area contributed by atoms with Crippen molar-refractivity contribution in [3.05, 3.63) is 16.0 Å². The summed E-state index contributed by atoms with van der Waals surface area (Å²) in [7, 11) is 0. The zero-order valence-electron chi connectivity index (χ0n) is 15.7. The molecule has 0 radical (unpaired) electrons. The van der Waals surface area contributed by atoms with Gasteiger partial charge in [0, 0.05) is 4.88 Å². The monoisotopic (exact) mass is 395 g/mol. The third-order valence-electron chi connectivity index (χ3n) is 5.30. The van der Waals surface area contributed by atoms with E-state index in [1.54, 1.807) is 0 Å². The van der Waals surface area contributed by atoms with Crippen molar-refractivity contribution in [1.82, 2.24) is 0 Å².